The van der Waals surface area contributed by atoms with Crippen molar-refractivity contribution in [3.8, 4) is 0 Å². The molecule has 0 unspecified atom stereocenters. The van der Waals surface area contributed by atoms with Gasteiger partial charge in [-0.05, 0) is 35.7 Å². The van der Waals surface area contributed by atoms with Gasteiger partial charge in [0.15, 0.2) is 0 Å². The molecule has 0 fully saturated rings. The summed E-state index contributed by atoms with van der Waals surface area (Å²) in [5.74, 6) is -1.07. The lowest BCUT2D eigenvalue weighted by atomic mass is 9.95. The fourth-order valence-electron chi connectivity index (χ4n) is 2.39. The maximum atomic E-state index is 13.8. The highest BCUT2D eigenvalue weighted by atomic mass is 35.5. The summed E-state index contributed by atoms with van der Waals surface area (Å²) in [6.45, 7) is 3.90. The number of hydrogen-bond acceptors (Lipinski definition) is 1. The van der Waals surface area contributed by atoms with Gasteiger partial charge in [0.1, 0.15) is 11.6 Å². The van der Waals surface area contributed by atoms with Crippen molar-refractivity contribution in [1.82, 2.24) is 5.32 Å². The molecule has 1 N–H and O–H groups in total. The second-order valence-electron chi connectivity index (χ2n) is 5.72. The van der Waals surface area contributed by atoms with Gasteiger partial charge < -0.3 is 5.32 Å². The number of carbonyl (C=O) groups excluding carboxylic acids is 1. The Balaban J connectivity index is 2.14. The van der Waals surface area contributed by atoms with Crippen molar-refractivity contribution in [2.24, 2.45) is 5.92 Å². The first-order valence-electron chi connectivity index (χ1n) is 7.36. The molecule has 0 saturated heterocycles. The minimum atomic E-state index is -0.504. The van der Waals surface area contributed by atoms with Crippen LogP contribution in [0.3, 0.4) is 0 Å². The number of nitrogens with one attached hydrogen (secondary N) is 1. The fourth-order valence-corrected chi connectivity index (χ4v) is 2.62. The molecule has 2 nitrogen and oxygen atoms in total. The number of benzene rings is 2. The van der Waals surface area contributed by atoms with Gasteiger partial charge in [-0.1, -0.05) is 43.6 Å². The zero-order valence-corrected chi connectivity index (χ0v) is 13.7. The maximum Gasteiger partial charge on any atom is 0.225 e. The Morgan fingerprint density at radius 2 is 1.78 bits per heavy atom. The number of carbonyl (C=O) groups is 1. The van der Waals surface area contributed by atoms with Crippen molar-refractivity contribution < 1.29 is 13.6 Å². The van der Waals surface area contributed by atoms with Gasteiger partial charge >= 0.3 is 0 Å². The maximum absolute atomic E-state index is 13.8. The summed E-state index contributed by atoms with van der Waals surface area (Å²) >= 11 is 5.95. The lowest BCUT2D eigenvalue weighted by Crippen LogP contribution is -2.33. The first-order valence-corrected chi connectivity index (χ1v) is 7.74. The molecule has 0 aliphatic rings. The number of halogens is 3. The molecule has 1 atom stereocenters. The van der Waals surface area contributed by atoms with E-state index in [9.17, 15) is 13.6 Å². The standard InChI is InChI=1S/C18H18ClF2NO/c1-11(2)18(12-6-8-13(20)9-7-12)22-17(23)10-14-15(19)4-3-5-16(14)21/h3-9,11,18H,10H2,1-2H3,(H,22,23)/t18-/m1/s1. The number of rotatable bonds is 5. The summed E-state index contributed by atoms with van der Waals surface area (Å²) in [5.41, 5.74) is 0.975. The molecule has 0 aliphatic heterocycles. The molecule has 23 heavy (non-hydrogen) atoms. The van der Waals surface area contributed by atoms with Crippen molar-refractivity contribution in [1.29, 1.82) is 0 Å². The molecule has 0 saturated carbocycles. The highest BCUT2D eigenvalue weighted by Crippen LogP contribution is 2.23. The predicted octanol–water partition coefficient (Wildman–Crippen LogP) is 4.67. The summed E-state index contributed by atoms with van der Waals surface area (Å²) in [6.07, 6.45) is -0.143. The Bertz CT molecular complexity index is 666. The predicted molar refractivity (Wildman–Crippen MR) is 87.2 cm³/mol. The van der Waals surface area contributed by atoms with Crippen LogP contribution in [0.1, 0.15) is 31.0 Å². The molecule has 0 heterocycles. The summed E-state index contributed by atoms with van der Waals surface area (Å²) in [4.78, 5) is 12.3. The van der Waals surface area contributed by atoms with E-state index >= 15 is 0 Å². The molecular formula is C18H18ClF2NO. The lowest BCUT2D eigenvalue weighted by Gasteiger charge is -2.23. The van der Waals surface area contributed by atoms with E-state index in [4.69, 9.17) is 11.6 Å². The second kappa shape index (κ2) is 7.55. The third-order valence-electron chi connectivity index (χ3n) is 3.61. The average Bonchev–Trinajstić information content (AvgIpc) is 2.49. The second-order valence-corrected chi connectivity index (χ2v) is 6.12. The summed E-state index contributed by atoms with van der Waals surface area (Å²) in [6, 6.07) is 10.0. The topological polar surface area (TPSA) is 29.1 Å². The van der Waals surface area contributed by atoms with Gasteiger partial charge in [-0.2, -0.15) is 0 Å². The van der Waals surface area contributed by atoms with Crippen LogP contribution in [0, 0.1) is 17.6 Å². The summed E-state index contributed by atoms with van der Waals surface area (Å²) < 4.78 is 26.8. The molecule has 0 bridgehead atoms. The van der Waals surface area contributed by atoms with Crippen molar-refractivity contribution in [2.75, 3.05) is 0 Å². The van der Waals surface area contributed by atoms with E-state index in [0.717, 1.165) is 5.56 Å². The van der Waals surface area contributed by atoms with Gasteiger partial charge in [0.2, 0.25) is 5.91 Å². The summed E-state index contributed by atoms with van der Waals surface area (Å²) in [7, 11) is 0. The third-order valence-corrected chi connectivity index (χ3v) is 3.97. The van der Waals surface area contributed by atoms with Crippen molar-refractivity contribution in [3.05, 3.63) is 70.2 Å². The van der Waals surface area contributed by atoms with Crippen LogP contribution in [0.4, 0.5) is 8.78 Å². The van der Waals surface area contributed by atoms with E-state index in [1.54, 1.807) is 18.2 Å². The fraction of sp³-hybridized carbons (Fsp3) is 0.278. The van der Waals surface area contributed by atoms with E-state index in [2.05, 4.69) is 5.32 Å². The van der Waals surface area contributed by atoms with E-state index in [1.165, 1.54) is 24.3 Å². The van der Waals surface area contributed by atoms with Gasteiger partial charge in [0.25, 0.3) is 0 Å². The molecule has 2 rings (SSSR count). The van der Waals surface area contributed by atoms with E-state index < -0.39 is 5.82 Å². The molecule has 0 aliphatic carbocycles. The van der Waals surface area contributed by atoms with Crippen LogP contribution in [0.25, 0.3) is 0 Å². The Morgan fingerprint density at radius 3 is 2.35 bits per heavy atom. The molecule has 1 amide bonds. The minimum absolute atomic E-state index is 0.0977. The van der Waals surface area contributed by atoms with Crippen LogP contribution in [-0.4, -0.2) is 5.91 Å². The zero-order valence-electron chi connectivity index (χ0n) is 12.9. The Kier molecular flexibility index (Phi) is 5.72. The Morgan fingerprint density at radius 1 is 1.13 bits per heavy atom. The van der Waals surface area contributed by atoms with Gasteiger partial charge in [-0.3, -0.25) is 4.79 Å². The Labute approximate surface area is 139 Å². The normalized spacial score (nSPS) is 12.3. The van der Waals surface area contributed by atoms with Crippen LogP contribution < -0.4 is 5.32 Å². The third kappa shape index (κ3) is 4.52. The number of hydrogen-bond donors (Lipinski definition) is 1. The summed E-state index contributed by atoms with van der Waals surface area (Å²) in [5, 5.41) is 3.09. The van der Waals surface area contributed by atoms with E-state index in [1.807, 2.05) is 13.8 Å². The first-order chi connectivity index (χ1) is 10.9. The lowest BCUT2D eigenvalue weighted by molar-refractivity contribution is -0.121. The molecule has 2 aromatic carbocycles. The van der Waals surface area contributed by atoms with Crippen molar-refractivity contribution >= 4 is 17.5 Å². The highest BCUT2D eigenvalue weighted by molar-refractivity contribution is 6.31. The van der Waals surface area contributed by atoms with E-state index in [-0.39, 0.29) is 40.7 Å². The first kappa shape index (κ1) is 17.4. The molecule has 122 valence electrons. The average molecular weight is 338 g/mol. The Hall–Kier alpha value is -1.94. The van der Waals surface area contributed by atoms with Crippen LogP contribution in [0.2, 0.25) is 5.02 Å². The van der Waals surface area contributed by atoms with E-state index in [0.29, 0.717) is 0 Å². The van der Waals surface area contributed by atoms with Crippen molar-refractivity contribution in [2.45, 2.75) is 26.3 Å². The smallest absolute Gasteiger partial charge is 0.225 e. The minimum Gasteiger partial charge on any atom is -0.349 e. The van der Waals surface area contributed by atoms with Crippen LogP contribution >= 0.6 is 11.6 Å². The molecular weight excluding hydrogens is 320 g/mol. The largest absolute Gasteiger partial charge is 0.349 e. The van der Waals surface area contributed by atoms with Crippen LogP contribution in [0.15, 0.2) is 42.5 Å². The van der Waals surface area contributed by atoms with Crippen molar-refractivity contribution in [3.63, 3.8) is 0 Å². The van der Waals surface area contributed by atoms with Gasteiger partial charge in [0, 0.05) is 10.6 Å². The number of amides is 1. The molecule has 0 aromatic heterocycles. The van der Waals surface area contributed by atoms with Crippen LogP contribution in [0.5, 0.6) is 0 Å². The molecule has 2 aromatic rings. The highest BCUT2D eigenvalue weighted by Gasteiger charge is 2.20. The SMILES string of the molecule is CC(C)[C@@H](NC(=O)Cc1c(F)cccc1Cl)c1ccc(F)cc1. The molecule has 0 spiro atoms. The monoisotopic (exact) mass is 337 g/mol. The van der Waals surface area contributed by atoms with Gasteiger partial charge in [-0.15, -0.1) is 0 Å². The van der Waals surface area contributed by atoms with Gasteiger partial charge in [-0.25, -0.2) is 8.78 Å². The molecule has 0 radical (unpaired) electrons. The zero-order chi connectivity index (χ0) is 17.0. The molecule has 5 heteroatoms. The van der Waals surface area contributed by atoms with Crippen LogP contribution in [-0.2, 0) is 11.2 Å². The van der Waals surface area contributed by atoms with Gasteiger partial charge in [0.05, 0.1) is 12.5 Å². The quantitative estimate of drug-likeness (QED) is 0.843.